The summed E-state index contributed by atoms with van der Waals surface area (Å²) < 4.78 is 10.5. The van der Waals surface area contributed by atoms with Crippen molar-refractivity contribution in [1.29, 1.82) is 0 Å². The van der Waals surface area contributed by atoms with Gasteiger partial charge in [0.15, 0.2) is 11.5 Å². The van der Waals surface area contributed by atoms with Crippen molar-refractivity contribution in [1.82, 2.24) is 5.43 Å². The van der Waals surface area contributed by atoms with Gasteiger partial charge in [-0.15, -0.1) is 0 Å². The molecule has 8 nitrogen and oxygen atoms in total. The van der Waals surface area contributed by atoms with Gasteiger partial charge in [0.1, 0.15) is 0 Å². The molecular formula is C17H15N3O5. The minimum absolute atomic E-state index is 0.00985. The van der Waals surface area contributed by atoms with E-state index in [-0.39, 0.29) is 24.8 Å². The highest BCUT2D eigenvalue weighted by Crippen LogP contribution is 2.32. The second kappa shape index (κ2) is 7.00. The molecule has 25 heavy (non-hydrogen) atoms. The predicted molar refractivity (Wildman–Crippen MR) is 89.8 cm³/mol. The van der Waals surface area contributed by atoms with Crippen molar-refractivity contribution in [2.24, 2.45) is 5.10 Å². The Balaban J connectivity index is 1.59. The number of rotatable bonds is 5. The van der Waals surface area contributed by atoms with Crippen LogP contribution in [0.3, 0.4) is 0 Å². The molecule has 1 N–H and O–H groups in total. The summed E-state index contributed by atoms with van der Waals surface area (Å²) in [5, 5.41) is 14.7. The smallest absolute Gasteiger partial charge is 0.272 e. The van der Waals surface area contributed by atoms with E-state index in [9.17, 15) is 14.9 Å². The molecule has 0 aromatic heterocycles. The van der Waals surface area contributed by atoms with Crippen LogP contribution in [0.2, 0.25) is 0 Å². The first kappa shape index (κ1) is 16.4. The van der Waals surface area contributed by atoms with Gasteiger partial charge in [0.25, 0.3) is 5.69 Å². The van der Waals surface area contributed by atoms with Gasteiger partial charge in [0.2, 0.25) is 12.7 Å². The number of nitro benzene ring substituents is 1. The van der Waals surface area contributed by atoms with Crippen LogP contribution in [-0.2, 0) is 11.2 Å². The summed E-state index contributed by atoms with van der Waals surface area (Å²) in [5.41, 5.74) is 4.27. The molecule has 8 heteroatoms. The summed E-state index contributed by atoms with van der Waals surface area (Å²) in [5.74, 6) is 0.959. The monoisotopic (exact) mass is 341 g/mol. The van der Waals surface area contributed by atoms with Crippen LogP contribution in [0.4, 0.5) is 5.69 Å². The van der Waals surface area contributed by atoms with Crippen molar-refractivity contribution in [3.8, 4) is 11.5 Å². The fourth-order valence-corrected chi connectivity index (χ4v) is 2.36. The summed E-state index contributed by atoms with van der Waals surface area (Å²) in [4.78, 5) is 22.4. The van der Waals surface area contributed by atoms with Gasteiger partial charge in [-0.3, -0.25) is 14.9 Å². The molecule has 0 fully saturated rings. The van der Waals surface area contributed by atoms with Crippen molar-refractivity contribution in [3.63, 3.8) is 0 Å². The predicted octanol–water partition coefficient (Wildman–Crippen LogP) is 2.32. The second-order valence-corrected chi connectivity index (χ2v) is 5.46. The van der Waals surface area contributed by atoms with E-state index in [2.05, 4.69) is 10.5 Å². The van der Waals surface area contributed by atoms with Crippen molar-refractivity contribution < 1.29 is 19.2 Å². The number of amides is 1. The molecule has 0 saturated heterocycles. The Morgan fingerprint density at radius 3 is 2.88 bits per heavy atom. The lowest BCUT2D eigenvalue weighted by Crippen LogP contribution is -2.19. The van der Waals surface area contributed by atoms with Crippen LogP contribution in [0.15, 0.2) is 41.5 Å². The summed E-state index contributed by atoms with van der Waals surface area (Å²) in [6.07, 6.45) is 1.49. The molecule has 2 aromatic rings. The molecule has 0 atom stereocenters. The van der Waals surface area contributed by atoms with Gasteiger partial charge in [-0.25, -0.2) is 5.43 Å². The van der Waals surface area contributed by atoms with E-state index in [1.807, 2.05) is 0 Å². The van der Waals surface area contributed by atoms with Crippen molar-refractivity contribution in [3.05, 3.63) is 63.2 Å². The highest BCUT2D eigenvalue weighted by atomic mass is 16.7. The summed E-state index contributed by atoms with van der Waals surface area (Å²) in [7, 11) is 0. The minimum Gasteiger partial charge on any atom is -0.454 e. The molecule has 3 rings (SSSR count). The summed E-state index contributed by atoms with van der Waals surface area (Å²) in [6, 6.07) is 10.0. The Morgan fingerprint density at radius 2 is 2.08 bits per heavy atom. The van der Waals surface area contributed by atoms with E-state index in [1.165, 1.54) is 12.3 Å². The molecule has 0 bridgehead atoms. The molecule has 1 amide bonds. The lowest BCUT2D eigenvalue weighted by molar-refractivity contribution is -0.385. The number of fused-ring (bicyclic) bond motifs is 1. The second-order valence-electron chi connectivity index (χ2n) is 5.46. The van der Waals surface area contributed by atoms with Crippen molar-refractivity contribution >= 4 is 17.8 Å². The summed E-state index contributed by atoms with van der Waals surface area (Å²) >= 11 is 0. The first-order valence-corrected chi connectivity index (χ1v) is 7.48. The zero-order valence-corrected chi connectivity index (χ0v) is 13.4. The highest BCUT2D eigenvalue weighted by molar-refractivity contribution is 5.84. The number of carbonyl (C=O) groups excluding carboxylic acids is 1. The van der Waals surface area contributed by atoms with Crippen LogP contribution < -0.4 is 14.9 Å². The molecule has 1 heterocycles. The Labute approximate surface area is 143 Å². The Hall–Kier alpha value is -3.42. The maximum Gasteiger partial charge on any atom is 0.272 e. The van der Waals surface area contributed by atoms with E-state index in [4.69, 9.17) is 9.47 Å². The van der Waals surface area contributed by atoms with Crippen LogP contribution in [-0.4, -0.2) is 23.8 Å². The Bertz CT molecular complexity index is 863. The lowest BCUT2D eigenvalue weighted by Gasteiger charge is -2.02. The number of nitrogens with zero attached hydrogens (tertiary/aromatic N) is 2. The van der Waals surface area contributed by atoms with Gasteiger partial charge in [-0.1, -0.05) is 18.2 Å². The largest absolute Gasteiger partial charge is 0.454 e. The van der Waals surface area contributed by atoms with Gasteiger partial charge >= 0.3 is 0 Å². The topological polar surface area (TPSA) is 103 Å². The molecule has 1 aliphatic heterocycles. The Morgan fingerprint density at radius 1 is 1.28 bits per heavy atom. The number of ether oxygens (including phenoxy) is 2. The average Bonchev–Trinajstić information content (AvgIpc) is 3.03. The minimum atomic E-state index is -0.453. The fraction of sp³-hybridized carbons (Fsp3) is 0.176. The summed E-state index contributed by atoms with van der Waals surface area (Å²) in [6.45, 7) is 1.84. The van der Waals surface area contributed by atoms with Gasteiger partial charge < -0.3 is 9.47 Å². The molecule has 2 aromatic carbocycles. The first-order valence-electron chi connectivity index (χ1n) is 7.48. The maximum absolute atomic E-state index is 11.9. The third kappa shape index (κ3) is 3.92. The van der Waals surface area contributed by atoms with E-state index < -0.39 is 4.92 Å². The third-order valence-electron chi connectivity index (χ3n) is 3.63. The SMILES string of the molecule is Cc1ccc(/C=N\NC(=O)Cc2ccc3c(c2)OCO3)cc1[N+](=O)[O-]. The molecule has 0 unspecified atom stereocenters. The van der Waals surface area contributed by atoms with Gasteiger partial charge in [-0.2, -0.15) is 5.10 Å². The van der Waals surface area contributed by atoms with Crippen LogP contribution in [0.5, 0.6) is 11.5 Å². The number of hydrazone groups is 1. The van der Waals surface area contributed by atoms with Crippen molar-refractivity contribution in [2.45, 2.75) is 13.3 Å². The molecule has 0 radical (unpaired) electrons. The maximum atomic E-state index is 11.9. The molecule has 128 valence electrons. The van der Waals surface area contributed by atoms with Gasteiger partial charge in [0, 0.05) is 17.2 Å². The number of nitro groups is 1. The zero-order chi connectivity index (χ0) is 17.8. The quantitative estimate of drug-likeness (QED) is 0.511. The number of hydrogen-bond donors (Lipinski definition) is 1. The standard InChI is InChI=1S/C17H15N3O5/c1-11-2-3-13(6-14(11)20(22)23)9-18-19-17(21)8-12-4-5-15-16(7-12)25-10-24-15/h2-7,9H,8,10H2,1H3,(H,19,21)/b18-9-. The normalized spacial score (nSPS) is 12.4. The number of benzene rings is 2. The van der Waals surface area contributed by atoms with Crippen LogP contribution in [0.1, 0.15) is 16.7 Å². The molecule has 0 saturated carbocycles. The average molecular weight is 341 g/mol. The number of carbonyl (C=O) groups is 1. The van der Waals surface area contributed by atoms with Crippen LogP contribution in [0, 0.1) is 17.0 Å². The van der Waals surface area contributed by atoms with E-state index in [1.54, 1.807) is 37.3 Å². The molecule has 0 spiro atoms. The fourth-order valence-electron chi connectivity index (χ4n) is 2.36. The van der Waals surface area contributed by atoms with E-state index in [0.717, 1.165) is 5.56 Å². The van der Waals surface area contributed by atoms with Crippen LogP contribution in [0.25, 0.3) is 0 Å². The third-order valence-corrected chi connectivity index (χ3v) is 3.63. The molecule has 0 aliphatic carbocycles. The number of nitrogens with one attached hydrogen (secondary N) is 1. The lowest BCUT2D eigenvalue weighted by atomic mass is 10.1. The number of hydrogen-bond acceptors (Lipinski definition) is 6. The van der Waals surface area contributed by atoms with Crippen LogP contribution >= 0.6 is 0 Å². The first-order chi connectivity index (χ1) is 12.0. The van der Waals surface area contributed by atoms with E-state index in [0.29, 0.717) is 22.6 Å². The number of aryl methyl sites for hydroxylation is 1. The highest BCUT2D eigenvalue weighted by Gasteiger charge is 2.14. The Kier molecular flexibility index (Phi) is 4.60. The van der Waals surface area contributed by atoms with E-state index >= 15 is 0 Å². The van der Waals surface area contributed by atoms with Gasteiger partial charge in [0.05, 0.1) is 17.6 Å². The zero-order valence-electron chi connectivity index (χ0n) is 13.4. The van der Waals surface area contributed by atoms with Crippen molar-refractivity contribution in [2.75, 3.05) is 6.79 Å². The van der Waals surface area contributed by atoms with Gasteiger partial charge in [-0.05, 0) is 24.6 Å². The molecular weight excluding hydrogens is 326 g/mol. The molecule has 1 aliphatic rings.